The Hall–Kier alpha value is -1.20. The van der Waals surface area contributed by atoms with Crippen molar-refractivity contribution in [3.8, 4) is 5.88 Å². The fourth-order valence-corrected chi connectivity index (χ4v) is 1.51. The zero-order valence-electron chi connectivity index (χ0n) is 10.9. The third-order valence-corrected chi connectivity index (χ3v) is 2.59. The molecule has 0 radical (unpaired) electrons. The van der Waals surface area contributed by atoms with Crippen LogP contribution in [0.1, 0.15) is 19.5 Å². The van der Waals surface area contributed by atoms with Gasteiger partial charge in [0.05, 0.1) is 18.1 Å². The van der Waals surface area contributed by atoms with Crippen LogP contribution >= 0.6 is 0 Å². The molecule has 17 heavy (non-hydrogen) atoms. The van der Waals surface area contributed by atoms with E-state index in [4.69, 9.17) is 4.74 Å². The van der Waals surface area contributed by atoms with E-state index in [0.29, 0.717) is 12.5 Å². The Morgan fingerprint density at radius 2 is 2.00 bits per heavy atom. The molecular weight excluding hydrogens is 216 g/mol. The van der Waals surface area contributed by atoms with Crippen LogP contribution in [0.2, 0.25) is 0 Å². The standard InChI is InChI=1S/C12H22N4O/c1-4-16(5-2)6-7-17-12-10-14-11(8-13-3)9-15-12/h9-10,13H,4-8H2,1-3H3. The highest BCUT2D eigenvalue weighted by molar-refractivity contribution is 5.06. The third-order valence-electron chi connectivity index (χ3n) is 2.59. The van der Waals surface area contributed by atoms with Crippen molar-refractivity contribution >= 4 is 0 Å². The Morgan fingerprint density at radius 3 is 2.53 bits per heavy atom. The molecule has 0 atom stereocenters. The predicted octanol–water partition coefficient (Wildman–Crippen LogP) is 0.917. The summed E-state index contributed by atoms with van der Waals surface area (Å²) in [5.74, 6) is 0.594. The normalized spacial score (nSPS) is 10.8. The highest BCUT2D eigenvalue weighted by Crippen LogP contribution is 2.03. The summed E-state index contributed by atoms with van der Waals surface area (Å²) < 4.78 is 5.54. The molecule has 1 heterocycles. The molecule has 5 heteroatoms. The van der Waals surface area contributed by atoms with Gasteiger partial charge in [-0.15, -0.1) is 0 Å². The van der Waals surface area contributed by atoms with Crippen LogP contribution in [0.25, 0.3) is 0 Å². The molecular formula is C12H22N4O. The molecule has 0 aliphatic rings. The number of nitrogens with zero attached hydrogens (tertiary/aromatic N) is 3. The Balaban J connectivity index is 2.31. The second-order valence-corrected chi connectivity index (χ2v) is 3.75. The molecule has 0 unspecified atom stereocenters. The molecule has 0 aromatic carbocycles. The van der Waals surface area contributed by atoms with Gasteiger partial charge in [0.15, 0.2) is 0 Å². The lowest BCUT2D eigenvalue weighted by molar-refractivity contribution is 0.217. The summed E-state index contributed by atoms with van der Waals surface area (Å²) in [5.41, 5.74) is 0.920. The fraction of sp³-hybridized carbons (Fsp3) is 0.667. The van der Waals surface area contributed by atoms with E-state index < -0.39 is 0 Å². The van der Waals surface area contributed by atoms with Crippen LogP contribution in [0.3, 0.4) is 0 Å². The van der Waals surface area contributed by atoms with Crippen molar-refractivity contribution in [2.45, 2.75) is 20.4 Å². The van der Waals surface area contributed by atoms with Crippen molar-refractivity contribution in [1.82, 2.24) is 20.2 Å². The van der Waals surface area contributed by atoms with Crippen LogP contribution in [-0.2, 0) is 6.54 Å². The van der Waals surface area contributed by atoms with Gasteiger partial charge >= 0.3 is 0 Å². The van der Waals surface area contributed by atoms with Gasteiger partial charge in [-0.2, -0.15) is 0 Å². The highest BCUT2D eigenvalue weighted by Gasteiger charge is 2.01. The fourth-order valence-electron chi connectivity index (χ4n) is 1.51. The van der Waals surface area contributed by atoms with E-state index in [1.165, 1.54) is 0 Å². The number of likely N-dealkylation sites (N-methyl/N-ethyl adjacent to an activating group) is 1. The van der Waals surface area contributed by atoms with E-state index in [2.05, 4.69) is 34.0 Å². The van der Waals surface area contributed by atoms with Gasteiger partial charge in [0, 0.05) is 13.1 Å². The monoisotopic (exact) mass is 238 g/mol. The summed E-state index contributed by atoms with van der Waals surface area (Å²) in [5, 5.41) is 3.03. The van der Waals surface area contributed by atoms with Gasteiger partial charge in [-0.3, -0.25) is 4.98 Å². The first-order valence-electron chi connectivity index (χ1n) is 6.10. The minimum Gasteiger partial charge on any atom is -0.475 e. The number of aromatic nitrogens is 2. The molecule has 0 fully saturated rings. The lowest BCUT2D eigenvalue weighted by Crippen LogP contribution is -2.28. The zero-order chi connectivity index (χ0) is 12.5. The minimum absolute atomic E-state index is 0.594. The van der Waals surface area contributed by atoms with E-state index in [-0.39, 0.29) is 0 Å². The molecule has 0 bridgehead atoms. The third kappa shape index (κ3) is 5.10. The summed E-state index contributed by atoms with van der Waals surface area (Å²) in [7, 11) is 1.89. The average Bonchev–Trinajstić information content (AvgIpc) is 2.37. The second-order valence-electron chi connectivity index (χ2n) is 3.75. The topological polar surface area (TPSA) is 50.3 Å². The molecule has 0 saturated heterocycles. The Labute approximate surface area is 103 Å². The van der Waals surface area contributed by atoms with Gasteiger partial charge < -0.3 is 15.0 Å². The average molecular weight is 238 g/mol. The first kappa shape index (κ1) is 13.9. The van der Waals surface area contributed by atoms with Gasteiger partial charge in [-0.1, -0.05) is 13.8 Å². The summed E-state index contributed by atoms with van der Waals surface area (Å²) in [6.45, 7) is 8.70. The first-order chi connectivity index (χ1) is 8.30. The molecule has 0 amide bonds. The van der Waals surface area contributed by atoms with Crippen molar-refractivity contribution in [2.24, 2.45) is 0 Å². The van der Waals surface area contributed by atoms with Gasteiger partial charge in [-0.25, -0.2) is 4.98 Å². The number of hydrogen-bond acceptors (Lipinski definition) is 5. The minimum atomic E-state index is 0.594. The van der Waals surface area contributed by atoms with Crippen molar-refractivity contribution in [3.05, 3.63) is 18.1 Å². The first-order valence-corrected chi connectivity index (χ1v) is 6.10. The zero-order valence-corrected chi connectivity index (χ0v) is 10.9. The number of rotatable bonds is 8. The number of hydrogen-bond donors (Lipinski definition) is 1. The van der Waals surface area contributed by atoms with E-state index in [9.17, 15) is 0 Å². The van der Waals surface area contributed by atoms with Crippen molar-refractivity contribution in [1.29, 1.82) is 0 Å². The van der Waals surface area contributed by atoms with Crippen LogP contribution in [0, 0.1) is 0 Å². The van der Waals surface area contributed by atoms with Crippen LogP contribution in [0.15, 0.2) is 12.4 Å². The van der Waals surface area contributed by atoms with Gasteiger partial charge in [-0.05, 0) is 20.1 Å². The van der Waals surface area contributed by atoms with Crippen LogP contribution in [0.5, 0.6) is 5.88 Å². The Bertz CT molecular complexity index is 298. The molecule has 0 spiro atoms. The van der Waals surface area contributed by atoms with E-state index in [0.717, 1.165) is 31.9 Å². The predicted molar refractivity (Wildman–Crippen MR) is 68.1 cm³/mol. The molecule has 96 valence electrons. The molecule has 1 aromatic rings. The summed E-state index contributed by atoms with van der Waals surface area (Å²) >= 11 is 0. The lowest BCUT2D eigenvalue weighted by atomic mass is 10.4. The van der Waals surface area contributed by atoms with Gasteiger partial charge in [0.2, 0.25) is 5.88 Å². The molecule has 1 N–H and O–H groups in total. The second kappa shape index (κ2) is 7.97. The highest BCUT2D eigenvalue weighted by atomic mass is 16.5. The maximum absolute atomic E-state index is 5.54. The Morgan fingerprint density at radius 1 is 1.24 bits per heavy atom. The molecule has 0 saturated carbocycles. The van der Waals surface area contributed by atoms with Gasteiger partial charge in [0.1, 0.15) is 6.61 Å². The maximum atomic E-state index is 5.54. The maximum Gasteiger partial charge on any atom is 0.232 e. The number of nitrogens with one attached hydrogen (secondary N) is 1. The van der Waals surface area contributed by atoms with Crippen LogP contribution < -0.4 is 10.1 Å². The summed E-state index contributed by atoms with van der Waals surface area (Å²) in [4.78, 5) is 10.8. The van der Waals surface area contributed by atoms with Crippen molar-refractivity contribution in [2.75, 3.05) is 33.3 Å². The smallest absolute Gasteiger partial charge is 0.232 e. The van der Waals surface area contributed by atoms with E-state index >= 15 is 0 Å². The molecule has 1 rings (SSSR count). The Kier molecular flexibility index (Phi) is 6.50. The van der Waals surface area contributed by atoms with Crippen LogP contribution in [-0.4, -0.2) is 48.2 Å². The molecule has 5 nitrogen and oxygen atoms in total. The van der Waals surface area contributed by atoms with Crippen molar-refractivity contribution < 1.29 is 4.74 Å². The van der Waals surface area contributed by atoms with Gasteiger partial charge in [0.25, 0.3) is 0 Å². The van der Waals surface area contributed by atoms with E-state index in [1.54, 1.807) is 12.4 Å². The molecule has 1 aromatic heterocycles. The number of ether oxygens (including phenoxy) is 1. The SMILES string of the molecule is CCN(CC)CCOc1cnc(CNC)cn1. The quantitative estimate of drug-likeness (QED) is 0.729. The lowest BCUT2D eigenvalue weighted by Gasteiger charge is -2.17. The summed E-state index contributed by atoms with van der Waals surface area (Å²) in [6.07, 6.45) is 3.41. The van der Waals surface area contributed by atoms with Crippen molar-refractivity contribution in [3.63, 3.8) is 0 Å². The van der Waals surface area contributed by atoms with E-state index in [1.807, 2.05) is 7.05 Å². The molecule has 0 aliphatic carbocycles. The molecule has 0 aliphatic heterocycles. The summed E-state index contributed by atoms with van der Waals surface area (Å²) in [6, 6.07) is 0. The van der Waals surface area contributed by atoms with Crippen LogP contribution in [0.4, 0.5) is 0 Å². The largest absolute Gasteiger partial charge is 0.475 e.